The number of unbranched alkanes of at least 4 members (excludes halogenated alkanes) is 1. The number of aryl methyl sites for hydroxylation is 1. The third-order valence-electron chi connectivity index (χ3n) is 2.53. The Balaban J connectivity index is 2.11. The Morgan fingerprint density at radius 1 is 1.29 bits per heavy atom. The van der Waals surface area contributed by atoms with Gasteiger partial charge in [-0.05, 0) is 43.5 Å². The standard InChI is InChI=1S/C12H17F3N2/c1-10-4-7-17-9-11(10)8-16-6-3-2-5-12(13,14)15/h4,7,9,16H,2-3,5-6,8H2,1H3. The van der Waals surface area contributed by atoms with Crippen LogP contribution in [0.25, 0.3) is 0 Å². The number of nitrogens with zero attached hydrogens (tertiary/aromatic N) is 1. The molecule has 1 N–H and O–H groups in total. The number of pyridine rings is 1. The average Bonchev–Trinajstić information content (AvgIpc) is 2.24. The zero-order valence-corrected chi connectivity index (χ0v) is 9.85. The Kier molecular flexibility index (Phi) is 5.41. The van der Waals surface area contributed by atoms with Crippen molar-refractivity contribution >= 4 is 0 Å². The van der Waals surface area contributed by atoms with Crippen molar-refractivity contribution in [1.82, 2.24) is 10.3 Å². The van der Waals surface area contributed by atoms with Gasteiger partial charge in [0.2, 0.25) is 0 Å². The van der Waals surface area contributed by atoms with Crippen molar-refractivity contribution < 1.29 is 13.2 Å². The predicted octanol–water partition coefficient (Wildman–Crippen LogP) is 3.21. The molecule has 1 heterocycles. The molecule has 0 saturated carbocycles. The summed E-state index contributed by atoms with van der Waals surface area (Å²) in [5.74, 6) is 0. The largest absolute Gasteiger partial charge is 0.389 e. The van der Waals surface area contributed by atoms with Crippen molar-refractivity contribution in [1.29, 1.82) is 0 Å². The molecule has 2 nitrogen and oxygen atoms in total. The first-order valence-corrected chi connectivity index (χ1v) is 5.66. The van der Waals surface area contributed by atoms with E-state index in [9.17, 15) is 13.2 Å². The van der Waals surface area contributed by atoms with Crippen LogP contribution < -0.4 is 5.32 Å². The smallest absolute Gasteiger partial charge is 0.313 e. The number of aromatic nitrogens is 1. The summed E-state index contributed by atoms with van der Waals surface area (Å²) >= 11 is 0. The number of hydrogen-bond acceptors (Lipinski definition) is 2. The summed E-state index contributed by atoms with van der Waals surface area (Å²) in [7, 11) is 0. The highest BCUT2D eigenvalue weighted by Crippen LogP contribution is 2.21. The molecule has 0 unspecified atom stereocenters. The summed E-state index contributed by atoms with van der Waals surface area (Å²) in [5.41, 5.74) is 2.23. The number of halogens is 3. The predicted molar refractivity (Wildman–Crippen MR) is 60.6 cm³/mol. The fourth-order valence-electron chi connectivity index (χ4n) is 1.48. The lowest BCUT2D eigenvalue weighted by molar-refractivity contribution is -0.135. The first-order chi connectivity index (χ1) is 7.99. The van der Waals surface area contributed by atoms with E-state index in [0.717, 1.165) is 11.1 Å². The molecule has 0 aliphatic rings. The summed E-state index contributed by atoms with van der Waals surface area (Å²) in [6.45, 7) is 3.25. The minimum Gasteiger partial charge on any atom is -0.313 e. The highest BCUT2D eigenvalue weighted by molar-refractivity contribution is 5.20. The normalized spacial score (nSPS) is 11.8. The SMILES string of the molecule is Cc1ccncc1CNCCCCC(F)(F)F. The zero-order chi connectivity index (χ0) is 12.7. The summed E-state index contributed by atoms with van der Waals surface area (Å²) < 4.78 is 35.6. The molecule has 0 fully saturated rings. The molecule has 0 atom stereocenters. The Morgan fingerprint density at radius 2 is 2.06 bits per heavy atom. The van der Waals surface area contributed by atoms with E-state index in [-0.39, 0.29) is 6.42 Å². The van der Waals surface area contributed by atoms with Gasteiger partial charge in [0.1, 0.15) is 0 Å². The number of rotatable bonds is 6. The van der Waals surface area contributed by atoms with Gasteiger partial charge in [-0.15, -0.1) is 0 Å². The molecule has 0 amide bonds. The molecule has 1 rings (SSSR count). The van der Waals surface area contributed by atoms with Crippen LogP contribution in [0.15, 0.2) is 18.5 Å². The maximum Gasteiger partial charge on any atom is 0.389 e. The first kappa shape index (κ1) is 14.0. The van der Waals surface area contributed by atoms with E-state index in [1.807, 2.05) is 13.0 Å². The molecule has 0 saturated heterocycles. The van der Waals surface area contributed by atoms with Crippen LogP contribution in [-0.2, 0) is 6.54 Å². The van der Waals surface area contributed by atoms with Crippen molar-refractivity contribution in [2.75, 3.05) is 6.54 Å². The van der Waals surface area contributed by atoms with E-state index in [1.165, 1.54) is 0 Å². The molecule has 1 aromatic rings. The molecule has 0 bridgehead atoms. The molecule has 5 heteroatoms. The minimum atomic E-state index is -4.03. The second-order valence-electron chi connectivity index (χ2n) is 4.05. The number of hydrogen-bond donors (Lipinski definition) is 1. The average molecular weight is 246 g/mol. The minimum absolute atomic E-state index is 0.183. The van der Waals surface area contributed by atoms with Crippen LogP contribution in [0.1, 0.15) is 30.4 Å². The molecule has 1 aromatic heterocycles. The number of alkyl halides is 3. The third kappa shape index (κ3) is 6.26. The summed E-state index contributed by atoms with van der Waals surface area (Å²) in [6.07, 6.45) is -0.498. The maximum absolute atomic E-state index is 11.9. The van der Waals surface area contributed by atoms with Crippen LogP contribution in [0, 0.1) is 6.92 Å². The van der Waals surface area contributed by atoms with Gasteiger partial charge in [0.25, 0.3) is 0 Å². The quantitative estimate of drug-likeness (QED) is 0.779. The Labute approximate surface area is 99.3 Å². The zero-order valence-electron chi connectivity index (χ0n) is 9.85. The molecule has 17 heavy (non-hydrogen) atoms. The molecule has 0 aliphatic heterocycles. The van der Waals surface area contributed by atoms with E-state index < -0.39 is 12.6 Å². The van der Waals surface area contributed by atoms with Crippen LogP contribution in [0.5, 0.6) is 0 Å². The van der Waals surface area contributed by atoms with Crippen molar-refractivity contribution in [2.24, 2.45) is 0 Å². The Morgan fingerprint density at radius 3 is 2.71 bits per heavy atom. The van der Waals surface area contributed by atoms with E-state index in [1.54, 1.807) is 12.4 Å². The van der Waals surface area contributed by atoms with Crippen molar-refractivity contribution in [3.63, 3.8) is 0 Å². The van der Waals surface area contributed by atoms with E-state index in [2.05, 4.69) is 10.3 Å². The highest BCUT2D eigenvalue weighted by atomic mass is 19.4. The van der Waals surface area contributed by atoms with Crippen LogP contribution in [0.4, 0.5) is 13.2 Å². The second-order valence-corrected chi connectivity index (χ2v) is 4.05. The Hall–Kier alpha value is -1.10. The highest BCUT2D eigenvalue weighted by Gasteiger charge is 2.25. The van der Waals surface area contributed by atoms with Crippen molar-refractivity contribution in [3.8, 4) is 0 Å². The van der Waals surface area contributed by atoms with Crippen LogP contribution >= 0.6 is 0 Å². The van der Waals surface area contributed by atoms with Crippen LogP contribution in [0.2, 0.25) is 0 Å². The molecular formula is C12H17F3N2. The molecule has 0 aliphatic carbocycles. The van der Waals surface area contributed by atoms with Crippen LogP contribution in [-0.4, -0.2) is 17.7 Å². The van der Waals surface area contributed by atoms with Gasteiger partial charge in [0.05, 0.1) is 0 Å². The summed E-state index contributed by atoms with van der Waals surface area (Å²) in [6, 6.07) is 1.92. The van der Waals surface area contributed by atoms with Gasteiger partial charge < -0.3 is 5.32 Å². The van der Waals surface area contributed by atoms with Gasteiger partial charge in [-0.25, -0.2) is 0 Å². The molecular weight excluding hydrogens is 229 g/mol. The van der Waals surface area contributed by atoms with Crippen molar-refractivity contribution in [2.45, 2.75) is 38.9 Å². The first-order valence-electron chi connectivity index (χ1n) is 5.66. The van der Waals surface area contributed by atoms with Crippen molar-refractivity contribution in [3.05, 3.63) is 29.6 Å². The number of nitrogens with one attached hydrogen (secondary N) is 1. The topological polar surface area (TPSA) is 24.9 Å². The van der Waals surface area contributed by atoms with Gasteiger partial charge in [-0.3, -0.25) is 4.98 Å². The Bertz CT molecular complexity index is 337. The fraction of sp³-hybridized carbons (Fsp3) is 0.583. The molecule has 0 aromatic carbocycles. The van der Waals surface area contributed by atoms with Gasteiger partial charge in [0, 0.05) is 25.4 Å². The lowest BCUT2D eigenvalue weighted by atomic mass is 10.1. The monoisotopic (exact) mass is 246 g/mol. The fourth-order valence-corrected chi connectivity index (χ4v) is 1.48. The summed E-state index contributed by atoms with van der Waals surface area (Å²) in [4.78, 5) is 4.00. The summed E-state index contributed by atoms with van der Waals surface area (Å²) in [5, 5.41) is 3.12. The van der Waals surface area contributed by atoms with Gasteiger partial charge in [-0.2, -0.15) is 13.2 Å². The van der Waals surface area contributed by atoms with E-state index in [4.69, 9.17) is 0 Å². The molecule has 96 valence electrons. The second kappa shape index (κ2) is 6.59. The van der Waals surface area contributed by atoms with Crippen LogP contribution in [0.3, 0.4) is 0 Å². The maximum atomic E-state index is 11.9. The molecule has 0 spiro atoms. The van der Waals surface area contributed by atoms with E-state index >= 15 is 0 Å². The van der Waals surface area contributed by atoms with E-state index in [0.29, 0.717) is 19.5 Å². The lowest BCUT2D eigenvalue weighted by Gasteiger charge is -2.08. The van der Waals surface area contributed by atoms with Gasteiger partial charge in [0.15, 0.2) is 0 Å². The van der Waals surface area contributed by atoms with Gasteiger partial charge >= 0.3 is 6.18 Å². The third-order valence-corrected chi connectivity index (χ3v) is 2.53. The lowest BCUT2D eigenvalue weighted by Crippen LogP contribution is -2.16. The van der Waals surface area contributed by atoms with Gasteiger partial charge in [-0.1, -0.05) is 0 Å². The molecule has 0 radical (unpaired) electrons.